The van der Waals surface area contributed by atoms with E-state index in [0.717, 1.165) is 30.1 Å². The van der Waals surface area contributed by atoms with Crippen LogP contribution in [0.15, 0.2) is 18.2 Å². The first-order valence-electron chi connectivity index (χ1n) is 6.40. The lowest BCUT2D eigenvalue weighted by Crippen LogP contribution is -2.18. The van der Waals surface area contributed by atoms with Crippen molar-refractivity contribution in [1.82, 2.24) is 0 Å². The summed E-state index contributed by atoms with van der Waals surface area (Å²) in [5.41, 5.74) is 6.34. The van der Waals surface area contributed by atoms with E-state index in [-0.39, 0.29) is 0 Å². The second kappa shape index (κ2) is 4.41. The first-order chi connectivity index (χ1) is 8.22. The molecule has 1 aromatic rings. The molecular formula is C14H18ClNO. The minimum Gasteiger partial charge on any atom is -0.492 e. The van der Waals surface area contributed by atoms with Gasteiger partial charge in [-0.15, -0.1) is 0 Å². The number of halogens is 1. The van der Waals surface area contributed by atoms with E-state index >= 15 is 0 Å². The summed E-state index contributed by atoms with van der Waals surface area (Å²) in [6.07, 6.45) is 5.60. The third kappa shape index (κ3) is 2.23. The summed E-state index contributed by atoms with van der Waals surface area (Å²) in [6.45, 7) is 0.810. The molecule has 2 saturated carbocycles. The topological polar surface area (TPSA) is 35.2 Å². The molecule has 0 heterocycles. The average molecular weight is 252 g/mol. The van der Waals surface area contributed by atoms with Crippen molar-refractivity contribution in [3.05, 3.63) is 23.2 Å². The molecule has 92 valence electrons. The molecule has 0 radical (unpaired) electrons. The standard InChI is InChI=1S/C14H18ClNO/c15-13-7-12(16)3-4-14(13)17-8-11-6-9-1-2-10(11)5-9/h3-4,7,9-11H,1-2,5-6,8,16H2. The number of rotatable bonds is 3. The summed E-state index contributed by atoms with van der Waals surface area (Å²) in [7, 11) is 0. The Balaban J connectivity index is 1.60. The molecule has 3 atom stereocenters. The zero-order valence-corrected chi connectivity index (χ0v) is 10.6. The van der Waals surface area contributed by atoms with Crippen LogP contribution in [0.25, 0.3) is 0 Å². The van der Waals surface area contributed by atoms with Gasteiger partial charge in [0, 0.05) is 5.69 Å². The van der Waals surface area contributed by atoms with Crippen LogP contribution in [-0.4, -0.2) is 6.61 Å². The van der Waals surface area contributed by atoms with Crippen molar-refractivity contribution < 1.29 is 4.74 Å². The molecule has 2 N–H and O–H groups in total. The highest BCUT2D eigenvalue weighted by Gasteiger charge is 2.39. The van der Waals surface area contributed by atoms with Gasteiger partial charge in [-0.05, 0) is 55.2 Å². The molecule has 0 saturated heterocycles. The average Bonchev–Trinajstić information content (AvgIpc) is 2.89. The molecule has 0 aromatic heterocycles. The van der Waals surface area contributed by atoms with E-state index in [9.17, 15) is 0 Å². The van der Waals surface area contributed by atoms with Crippen LogP contribution in [0.1, 0.15) is 25.7 Å². The van der Waals surface area contributed by atoms with Gasteiger partial charge in [-0.1, -0.05) is 18.0 Å². The summed E-state index contributed by atoms with van der Waals surface area (Å²) >= 11 is 6.09. The van der Waals surface area contributed by atoms with Gasteiger partial charge in [-0.25, -0.2) is 0 Å². The molecule has 2 nitrogen and oxygen atoms in total. The highest BCUT2D eigenvalue weighted by atomic mass is 35.5. The van der Waals surface area contributed by atoms with Crippen molar-refractivity contribution in [2.75, 3.05) is 12.3 Å². The van der Waals surface area contributed by atoms with Gasteiger partial charge in [0.05, 0.1) is 11.6 Å². The molecule has 17 heavy (non-hydrogen) atoms. The lowest BCUT2D eigenvalue weighted by Gasteiger charge is -2.22. The van der Waals surface area contributed by atoms with Crippen molar-refractivity contribution in [1.29, 1.82) is 0 Å². The van der Waals surface area contributed by atoms with Gasteiger partial charge in [0.25, 0.3) is 0 Å². The highest BCUT2D eigenvalue weighted by molar-refractivity contribution is 6.32. The fraction of sp³-hybridized carbons (Fsp3) is 0.571. The summed E-state index contributed by atoms with van der Waals surface area (Å²) in [6, 6.07) is 5.45. The molecule has 3 unspecified atom stereocenters. The van der Waals surface area contributed by atoms with Crippen LogP contribution in [-0.2, 0) is 0 Å². The summed E-state index contributed by atoms with van der Waals surface area (Å²) in [5.74, 6) is 3.37. The maximum absolute atomic E-state index is 6.09. The van der Waals surface area contributed by atoms with Crippen LogP contribution in [0.4, 0.5) is 5.69 Å². The van der Waals surface area contributed by atoms with E-state index in [0.29, 0.717) is 10.7 Å². The molecule has 0 spiro atoms. The molecule has 0 amide bonds. The zero-order valence-electron chi connectivity index (χ0n) is 9.86. The van der Waals surface area contributed by atoms with Crippen LogP contribution in [0.3, 0.4) is 0 Å². The summed E-state index contributed by atoms with van der Waals surface area (Å²) in [4.78, 5) is 0. The number of hydrogen-bond acceptors (Lipinski definition) is 2. The minimum atomic E-state index is 0.619. The molecule has 3 rings (SSSR count). The zero-order chi connectivity index (χ0) is 11.8. The second-order valence-corrected chi connectivity index (χ2v) is 5.84. The number of fused-ring (bicyclic) bond motifs is 2. The van der Waals surface area contributed by atoms with E-state index in [1.54, 1.807) is 6.07 Å². The monoisotopic (exact) mass is 251 g/mol. The van der Waals surface area contributed by atoms with Crippen LogP contribution < -0.4 is 10.5 Å². The normalized spacial score (nSPS) is 30.8. The number of nitrogens with two attached hydrogens (primary N) is 1. The van der Waals surface area contributed by atoms with Crippen molar-refractivity contribution in [3.63, 3.8) is 0 Å². The van der Waals surface area contributed by atoms with Crippen LogP contribution in [0, 0.1) is 17.8 Å². The quantitative estimate of drug-likeness (QED) is 0.831. The van der Waals surface area contributed by atoms with E-state index in [1.165, 1.54) is 25.7 Å². The molecular weight excluding hydrogens is 234 g/mol. The fourth-order valence-electron chi connectivity index (χ4n) is 3.41. The number of nitrogen functional groups attached to an aromatic ring is 1. The Morgan fingerprint density at radius 2 is 2.18 bits per heavy atom. The third-order valence-corrected chi connectivity index (χ3v) is 4.59. The van der Waals surface area contributed by atoms with Gasteiger partial charge in [0.15, 0.2) is 0 Å². The molecule has 2 aliphatic rings. The maximum atomic E-state index is 6.09. The molecule has 1 aromatic carbocycles. The van der Waals surface area contributed by atoms with Crippen molar-refractivity contribution in [2.45, 2.75) is 25.7 Å². The Hall–Kier alpha value is -0.890. The Morgan fingerprint density at radius 3 is 2.82 bits per heavy atom. The largest absolute Gasteiger partial charge is 0.492 e. The first-order valence-corrected chi connectivity index (χ1v) is 6.78. The van der Waals surface area contributed by atoms with E-state index in [4.69, 9.17) is 22.1 Å². The van der Waals surface area contributed by atoms with Gasteiger partial charge >= 0.3 is 0 Å². The van der Waals surface area contributed by atoms with Gasteiger partial charge < -0.3 is 10.5 Å². The molecule has 0 aliphatic heterocycles. The Bertz CT molecular complexity index is 421. The van der Waals surface area contributed by atoms with Crippen molar-refractivity contribution in [2.24, 2.45) is 17.8 Å². The van der Waals surface area contributed by atoms with E-state index < -0.39 is 0 Å². The number of hydrogen-bond donors (Lipinski definition) is 1. The lowest BCUT2D eigenvalue weighted by molar-refractivity contribution is 0.195. The smallest absolute Gasteiger partial charge is 0.138 e. The Morgan fingerprint density at radius 1 is 1.29 bits per heavy atom. The van der Waals surface area contributed by atoms with Crippen LogP contribution in [0.5, 0.6) is 5.75 Å². The molecule has 2 bridgehead atoms. The number of benzene rings is 1. The first kappa shape index (κ1) is 11.2. The van der Waals surface area contributed by atoms with Crippen molar-refractivity contribution in [3.8, 4) is 5.75 Å². The van der Waals surface area contributed by atoms with Gasteiger partial charge in [0.2, 0.25) is 0 Å². The van der Waals surface area contributed by atoms with Crippen molar-refractivity contribution >= 4 is 17.3 Å². The molecule has 2 aliphatic carbocycles. The SMILES string of the molecule is Nc1ccc(OCC2CC3CCC2C3)c(Cl)c1. The predicted molar refractivity (Wildman–Crippen MR) is 70.3 cm³/mol. The summed E-state index contributed by atoms with van der Waals surface area (Å²) < 4.78 is 5.84. The minimum absolute atomic E-state index is 0.619. The van der Waals surface area contributed by atoms with Crippen LogP contribution in [0.2, 0.25) is 5.02 Å². The highest BCUT2D eigenvalue weighted by Crippen LogP contribution is 2.48. The Kier molecular flexibility index (Phi) is 2.91. The Labute approximate surface area is 107 Å². The van der Waals surface area contributed by atoms with Gasteiger partial charge in [0.1, 0.15) is 5.75 Å². The number of anilines is 1. The second-order valence-electron chi connectivity index (χ2n) is 5.44. The predicted octanol–water partition coefficient (Wildman–Crippen LogP) is 3.74. The number of ether oxygens (including phenoxy) is 1. The van der Waals surface area contributed by atoms with Gasteiger partial charge in [-0.3, -0.25) is 0 Å². The third-order valence-electron chi connectivity index (χ3n) is 4.29. The fourth-order valence-corrected chi connectivity index (χ4v) is 3.66. The van der Waals surface area contributed by atoms with E-state index in [2.05, 4.69) is 0 Å². The summed E-state index contributed by atoms with van der Waals surface area (Å²) in [5, 5.41) is 0.619. The lowest BCUT2D eigenvalue weighted by atomic mass is 9.89. The molecule has 2 fully saturated rings. The maximum Gasteiger partial charge on any atom is 0.138 e. The molecule has 3 heteroatoms. The van der Waals surface area contributed by atoms with Gasteiger partial charge in [-0.2, -0.15) is 0 Å². The van der Waals surface area contributed by atoms with Crippen LogP contribution >= 0.6 is 11.6 Å². The van der Waals surface area contributed by atoms with E-state index in [1.807, 2.05) is 12.1 Å².